The van der Waals surface area contributed by atoms with Crippen LogP contribution < -0.4 is 4.72 Å². The third-order valence-corrected chi connectivity index (χ3v) is 4.37. The molecule has 0 atom stereocenters. The zero-order valence-corrected chi connectivity index (χ0v) is 11.1. The third kappa shape index (κ3) is 3.55. The van der Waals surface area contributed by atoms with E-state index in [1.165, 1.54) is 0 Å². The monoisotopic (exact) mass is 293 g/mol. The molecule has 1 aliphatic rings. The lowest BCUT2D eigenvalue weighted by molar-refractivity contribution is 0.460. The summed E-state index contributed by atoms with van der Waals surface area (Å²) in [6.07, 6.45) is 6.35. The molecule has 0 saturated heterocycles. The van der Waals surface area contributed by atoms with Crippen LogP contribution in [0.25, 0.3) is 0 Å². The van der Waals surface area contributed by atoms with Gasteiger partial charge >= 0.3 is 0 Å². The van der Waals surface area contributed by atoms with Crippen molar-refractivity contribution in [1.82, 2.24) is 0 Å². The molecule has 1 fully saturated rings. The number of rotatable bonds is 3. The fourth-order valence-electron chi connectivity index (χ4n) is 2.16. The van der Waals surface area contributed by atoms with Gasteiger partial charge in [-0.2, -0.15) is 0 Å². The average molecular weight is 293 g/mol. The predicted octanol–water partition coefficient (Wildman–Crippen LogP) is 5.03. The SMILES string of the molecule is Fc1cc(F)c(F)c(NSC2CCCCCC2)c1F. The van der Waals surface area contributed by atoms with E-state index in [4.69, 9.17) is 0 Å². The molecule has 0 heterocycles. The average Bonchev–Trinajstić information content (AvgIpc) is 2.65. The van der Waals surface area contributed by atoms with Crippen LogP contribution in [0, 0.1) is 23.3 Å². The van der Waals surface area contributed by atoms with Gasteiger partial charge < -0.3 is 4.72 Å². The van der Waals surface area contributed by atoms with Crippen molar-refractivity contribution < 1.29 is 17.6 Å². The molecule has 106 valence electrons. The summed E-state index contributed by atoms with van der Waals surface area (Å²) in [4.78, 5) is 0. The van der Waals surface area contributed by atoms with Gasteiger partial charge in [0.15, 0.2) is 23.3 Å². The Morgan fingerprint density at radius 3 is 1.95 bits per heavy atom. The first-order chi connectivity index (χ1) is 9.09. The Morgan fingerprint density at radius 2 is 1.42 bits per heavy atom. The highest BCUT2D eigenvalue weighted by Gasteiger charge is 2.21. The molecule has 0 bridgehead atoms. The molecule has 0 aromatic heterocycles. The van der Waals surface area contributed by atoms with Gasteiger partial charge in [0, 0.05) is 11.3 Å². The predicted molar refractivity (Wildman–Crippen MR) is 69.0 cm³/mol. The molecule has 0 radical (unpaired) electrons. The van der Waals surface area contributed by atoms with Crippen LogP contribution in [-0.4, -0.2) is 5.25 Å². The molecule has 2 rings (SSSR count). The van der Waals surface area contributed by atoms with Gasteiger partial charge in [-0.15, -0.1) is 0 Å². The zero-order valence-electron chi connectivity index (χ0n) is 10.3. The quantitative estimate of drug-likeness (QED) is 0.363. The van der Waals surface area contributed by atoms with E-state index in [0.717, 1.165) is 50.5 Å². The van der Waals surface area contributed by atoms with E-state index in [1.807, 2.05) is 0 Å². The first kappa shape index (κ1) is 14.5. The van der Waals surface area contributed by atoms with E-state index in [1.54, 1.807) is 0 Å². The summed E-state index contributed by atoms with van der Waals surface area (Å²) in [6, 6.07) is 0.214. The first-order valence-corrected chi connectivity index (χ1v) is 7.22. The van der Waals surface area contributed by atoms with E-state index in [0.29, 0.717) is 0 Å². The Hall–Kier alpha value is -0.910. The van der Waals surface area contributed by atoms with Gasteiger partial charge in [-0.1, -0.05) is 25.7 Å². The van der Waals surface area contributed by atoms with Gasteiger partial charge in [0.2, 0.25) is 0 Å². The molecule has 6 heteroatoms. The molecule has 19 heavy (non-hydrogen) atoms. The van der Waals surface area contributed by atoms with Crippen molar-refractivity contribution in [2.45, 2.75) is 43.8 Å². The first-order valence-electron chi connectivity index (χ1n) is 6.34. The van der Waals surface area contributed by atoms with Crippen LogP contribution in [0.5, 0.6) is 0 Å². The number of anilines is 1. The normalized spacial score (nSPS) is 17.3. The highest BCUT2D eigenvalue weighted by molar-refractivity contribution is 8.01. The van der Waals surface area contributed by atoms with Gasteiger partial charge in [0.1, 0.15) is 5.69 Å². The minimum atomic E-state index is -1.39. The maximum atomic E-state index is 13.4. The summed E-state index contributed by atoms with van der Waals surface area (Å²) in [7, 11) is 0. The molecule has 0 amide bonds. The molecule has 0 aliphatic heterocycles. The van der Waals surface area contributed by atoms with E-state index in [2.05, 4.69) is 4.72 Å². The van der Waals surface area contributed by atoms with E-state index in [9.17, 15) is 17.6 Å². The lowest BCUT2D eigenvalue weighted by Crippen LogP contribution is -2.08. The van der Waals surface area contributed by atoms with Crippen LogP contribution in [0.2, 0.25) is 0 Å². The Kier molecular flexibility index (Phi) is 4.96. The fraction of sp³-hybridized carbons (Fsp3) is 0.538. The molecule has 1 nitrogen and oxygen atoms in total. The van der Waals surface area contributed by atoms with Crippen LogP contribution in [0.3, 0.4) is 0 Å². The zero-order chi connectivity index (χ0) is 13.8. The molecule has 1 aliphatic carbocycles. The molecule has 1 aromatic carbocycles. The lowest BCUT2D eigenvalue weighted by atomic mass is 10.2. The van der Waals surface area contributed by atoms with Gasteiger partial charge in [-0.05, 0) is 24.8 Å². The standard InChI is InChI=1S/C13H15F4NS/c14-9-7-10(15)12(17)13(11(9)16)18-19-8-5-3-1-2-4-6-8/h7-8,18H,1-6H2. The molecule has 1 saturated carbocycles. The largest absolute Gasteiger partial charge is 0.324 e. The van der Waals surface area contributed by atoms with Gasteiger partial charge in [-0.3, -0.25) is 0 Å². The minimum Gasteiger partial charge on any atom is -0.324 e. The summed E-state index contributed by atoms with van der Waals surface area (Å²) >= 11 is 1.15. The molecule has 0 unspecified atom stereocenters. The number of benzene rings is 1. The molecular weight excluding hydrogens is 278 g/mol. The van der Waals surface area contributed by atoms with Crippen LogP contribution in [0.4, 0.5) is 23.2 Å². The summed E-state index contributed by atoms with van der Waals surface area (Å²) in [5.41, 5.74) is -0.730. The summed E-state index contributed by atoms with van der Waals surface area (Å²) in [5.74, 6) is -5.52. The topological polar surface area (TPSA) is 12.0 Å². The van der Waals surface area contributed by atoms with Crippen molar-refractivity contribution in [3.8, 4) is 0 Å². The number of hydrogen-bond acceptors (Lipinski definition) is 2. The number of nitrogens with one attached hydrogen (secondary N) is 1. The van der Waals surface area contributed by atoms with Crippen molar-refractivity contribution in [2.24, 2.45) is 0 Å². The second-order valence-corrected chi connectivity index (χ2v) is 5.78. The summed E-state index contributed by atoms with van der Waals surface area (Å²) < 4.78 is 55.3. The molecule has 0 spiro atoms. The molecule has 1 aromatic rings. The maximum Gasteiger partial charge on any atom is 0.185 e. The second kappa shape index (κ2) is 6.50. The van der Waals surface area contributed by atoms with Crippen LogP contribution >= 0.6 is 11.9 Å². The van der Waals surface area contributed by atoms with Gasteiger partial charge in [0.25, 0.3) is 0 Å². The van der Waals surface area contributed by atoms with Crippen molar-refractivity contribution in [3.05, 3.63) is 29.3 Å². The summed E-state index contributed by atoms with van der Waals surface area (Å²) in [5, 5.41) is 0.215. The van der Waals surface area contributed by atoms with E-state index < -0.39 is 29.0 Å². The van der Waals surface area contributed by atoms with Crippen LogP contribution in [-0.2, 0) is 0 Å². The van der Waals surface area contributed by atoms with E-state index >= 15 is 0 Å². The smallest absolute Gasteiger partial charge is 0.185 e. The van der Waals surface area contributed by atoms with Crippen molar-refractivity contribution in [2.75, 3.05) is 4.72 Å². The Labute approximate surface area is 113 Å². The van der Waals surface area contributed by atoms with Gasteiger partial charge in [0.05, 0.1) is 0 Å². The minimum absolute atomic E-state index is 0.214. The Balaban J connectivity index is 2.06. The maximum absolute atomic E-state index is 13.4. The number of hydrogen-bond donors (Lipinski definition) is 1. The lowest BCUT2D eigenvalue weighted by Gasteiger charge is -2.15. The van der Waals surface area contributed by atoms with Crippen LogP contribution in [0.15, 0.2) is 6.07 Å². The van der Waals surface area contributed by atoms with Crippen molar-refractivity contribution in [1.29, 1.82) is 0 Å². The molecular formula is C13H15F4NS. The third-order valence-electron chi connectivity index (χ3n) is 3.24. The Morgan fingerprint density at radius 1 is 0.895 bits per heavy atom. The Bertz CT molecular complexity index is 419. The molecule has 1 N–H and O–H groups in total. The fourth-order valence-corrected chi connectivity index (χ4v) is 3.20. The highest BCUT2D eigenvalue weighted by Crippen LogP contribution is 2.31. The summed E-state index contributed by atoms with van der Waals surface area (Å²) in [6.45, 7) is 0. The van der Waals surface area contributed by atoms with Crippen molar-refractivity contribution in [3.63, 3.8) is 0 Å². The van der Waals surface area contributed by atoms with Crippen molar-refractivity contribution >= 4 is 17.6 Å². The highest BCUT2D eigenvalue weighted by atomic mass is 32.2. The number of halogens is 4. The van der Waals surface area contributed by atoms with E-state index in [-0.39, 0.29) is 11.3 Å². The second-order valence-electron chi connectivity index (χ2n) is 4.68. The van der Waals surface area contributed by atoms with Gasteiger partial charge in [-0.25, -0.2) is 17.6 Å². The van der Waals surface area contributed by atoms with Crippen LogP contribution in [0.1, 0.15) is 38.5 Å².